The van der Waals surface area contributed by atoms with Crippen molar-refractivity contribution in [3.63, 3.8) is 0 Å². The molecule has 1 aromatic heterocycles. The van der Waals surface area contributed by atoms with Gasteiger partial charge >= 0.3 is 7.12 Å². The minimum atomic E-state index is -1.58. The second-order valence-corrected chi connectivity index (χ2v) is 10.1. The van der Waals surface area contributed by atoms with Crippen molar-refractivity contribution in [3.8, 4) is 0 Å². The summed E-state index contributed by atoms with van der Waals surface area (Å²) < 4.78 is 6.49. The fourth-order valence-electron chi connectivity index (χ4n) is 4.66. The molecule has 7 heteroatoms. The molecule has 0 saturated carbocycles. The number of para-hydroxylation sites is 1. The van der Waals surface area contributed by atoms with Gasteiger partial charge in [0.1, 0.15) is 5.58 Å². The van der Waals surface area contributed by atoms with Gasteiger partial charge in [0.25, 0.3) is 0 Å². The summed E-state index contributed by atoms with van der Waals surface area (Å²) in [5, 5.41) is 23.4. The first-order valence-electron chi connectivity index (χ1n) is 11.6. The van der Waals surface area contributed by atoms with Crippen LogP contribution in [0.2, 0.25) is 0 Å². The number of fused-ring (bicyclic) bond motifs is 1. The lowest BCUT2D eigenvalue weighted by molar-refractivity contribution is 0.274. The monoisotopic (exact) mass is 448 g/mol. The molecule has 0 unspecified atom stereocenters. The van der Waals surface area contributed by atoms with Crippen LogP contribution in [0.4, 0.5) is 11.6 Å². The molecule has 4 rings (SSSR count). The Hall–Kier alpha value is -2.77. The van der Waals surface area contributed by atoms with Crippen LogP contribution >= 0.6 is 0 Å². The molecule has 1 aliphatic rings. The van der Waals surface area contributed by atoms with E-state index in [4.69, 9.17) is 4.42 Å². The Kier molecular flexibility index (Phi) is 6.29. The fourth-order valence-corrected chi connectivity index (χ4v) is 4.66. The SMILES string of the molecule is Cc1cc([C@H](C)Nc2ccccc2B(O)O)c2oc(N3CCC(C)(C)CC3)c(C)c(=O)c2c1. The topological polar surface area (TPSA) is 85.9 Å². The van der Waals surface area contributed by atoms with E-state index in [0.717, 1.165) is 37.1 Å². The molecule has 6 nitrogen and oxygen atoms in total. The molecule has 2 aromatic carbocycles. The number of rotatable bonds is 5. The van der Waals surface area contributed by atoms with Gasteiger partial charge in [-0.25, -0.2) is 0 Å². The van der Waals surface area contributed by atoms with Gasteiger partial charge in [0.05, 0.1) is 17.0 Å². The Balaban J connectivity index is 1.79. The van der Waals surface area contributed by atoms with Crippen LogP contribution in [-0.2, 0) is 0 Å². The van der Waals surface area contributed by atoms with E-state index in [1.165, 1.54) is 0 Å². The molecule has 0 bridgehead atoms. The van der Waals surface area contributed by atoms with Gasteiger partial charge in [-0.2, -0.15) is 0 Å². The van der Waals surface area contributed by atoms with Gasteiger partial charge < -0.3 is 24.7 Å². The predicted molar refractivity (Wildman–Crippen MR) is 135 cm³/mol. The van der Waals surface area contributed by atoms with Gasteiger partial charge in [0, 0.05) is 29.8 Å². The summed E-state index contributed by atoms with van der Waals surface area (Å²) in [6.07, 6.45) is 2.10. The molecular weight excluding hydrogens is 415 g/mol. The highest BCUT2D eigenvalue weighted by Crippen LogP contribution is 2.35. The van der Waals surface area contributed by atoms with Crippen molar-refractivity contribution in [2.45, 2.75) is 53.5 Å². The Labute approximate surface area is 195 Å². The zero-order valence-electron chi connectivity index (χ0n) is 20.1. The lowest BCUT2D eigenvalue weighted by atomic mass is 9.79. The second kappa shape index (κ2) is 8.88. The molecule has 0 radical (unpaired) electrons. The summed E-state index contributed by atoms with van der Waals surface area (Å²) in [7, 11) is -1.58. The molecule has 1 aliphatic heterocycles. The van der Waals surface area contributed by atoms with Crippen molar-refractivity contribution in [3.05, 3.63) is 63.3 Å². The van der Waals surface area contributed by atoms with Gasteiger partial charge in [-0.05, 0) is 56.7 Å². The Morgan fingerprint density at radius 2 is 1.79 bits per heavy atom. The summed E-state index contributed by atoms with van der Waals surface area (Å²) in [6, 6.07) is 10.8. The third kappa shape index (κ3) is 4.66. The number of aryl methyl sites for hydroxylation is 1. The average Bonchev–Trinajstić information content (AvgIpc) is 2.76. The Morgan fingerprint density at radius 3 is 2.45 bits per heavy atom. The molecule has 2 heterocycles. The second-order valence-electron chi connectivity index (χ2n) is 10.1. The van der Waals surface area contributed by atoms with E-state index in [1.54, 1.807) is 12.1 Å². The number of hydrogen-bond donors (Lipinski definition) is 3. The number of benzene rings is 2. The zero-order chi connectivity index (χ0) is 23.9. The first-order valence-corrected chi connectivity index (χ1v) is 11.6. The average molecular weight is 448 g/mol. The van der Waals surface area contributed by atoms with Gasteiger partial charge in [-0.1, -0.05) is 38.1 Å². The molecule has 33 heavy (non-hydrogen) atoms. The van der Waals surface area contributed by atoms with E-state index in [0.29, 0.717) is 39.0 Å². The summed E-state index contributed by atoms with van der Waals surface area (Å²) >= 11 is 0. The van der Waals surface area contributed by atoms with Gasteiger partial charge in [-0.3, -0.25) is 4.79 Å². The van der Waals surface area contributed by atoms with E-state index in [1.807, 2.05) is 45.0 Å². The summed E-state index contributed by atoms with van der Waals surface area (Å²) in [5.74, 6) is 0.659. The lowest BCUT2D eigenvalue weighted by Crippen LogP contribution is -2.38. The Morgan fingerprint density at radius 1 is 1.12 bits per heavy atom. The summed E-state index contributed by atoms with van der Waals surface area (Å²) in [5.41, 5.74) is 4.39. The van der Waals surface area contributed by atoms with Crippen molar-refractivity contribution >= 4 is 35.1 Å². The molecule has 0 amide bonds. The van der Waals surface area contributed by atoms with Crippen molar-refractivity contribution in [1.82, 2.24) is 0 Å². The van der Waals surface area contributed by atoms with Gasteiger partial charge in [0.15, 0.2) is 5.43 Å². The molecule has 1 saturated heterocycles. The minimum absolute atomic E-state index is 0.000542. The number of nitrogens with one attached hydrogen (secondary N) is 1. The molecule has 1 atom stereocenters. The fraction of sp³-hybridized carbons (Fsp3) is 0.423. The maximum atomic E-state index is 13.4. The van der Waals surface area contributed by atoms with Crippen LogP contribution in [0.3, 0.4) is 0 Å². The van der Waals surface area contributed by atoms with Crippen LogP contribution in [0.15, 0.2) is 45.6 Å². The quantitative estimate of drug-likeness (QED) is 0.514. The zero-order valence-corrected chi connectivity index (χ0v) is 20.1. The van der Waals surface area contributed by atoms with Crippen LogP contribution in [0, 0.1) is 19.3 Å². The maximum Gasteiger partial charge on any atom is 0.490 e. The summed E-state index contributed by atoms with van der Waals surface area (Å²) in [6.45, 7) is 12.1. The predicted octanol–water partition coefficient (Wildman–Crippen LogP) is 3.89. The highest BCUT2D eigenvalue weighted by molar-refractivity contribution is 6.60. The number of hydrogen-bond acceptors (Lipinski definition) is 6. The number of anilines is 2. The maximum absolute atomic E-state index is 13.4. The van der Waals surface area contributed by atoms with Crippen LogP contribution in [0.1, 0.15) is 56.3 Å². The molecule has 1 fully saturated rings. The largest absolute Gasteiger partial charge is 0.490 e. The normalized spacial score (nSPS) is 16.6. The third-order valence-electron chi connectivity index (χ3n) is 6.85. The van der Waals surface area contributed by atoms with Crippen molar-refractivity contribution in [2.75, 3.05) is 23.3 Å². The first kappa shape index (κ1) is 23.4. The first-order chi connectivity index (χ1) is 15.6. The third-order valence-corrected chi connectivity index (χ3v) is 6.85. The van der Waals surface area contributed by atoms with Crippen molar-refractivity contribution < 1.29 is 14.5 Å². The lowest BCUT2D eigenvalue weighted by Gasteiger charge is -2.37. The van der Waals surface area contributed by atoms with Gasteiger partial charge in [-0.15, -0.1) is 0 Å². The van der Waals surface area contributed by atoms with Crippen LogP contribution in [0.25, 0.3) is 11.0 Å². The smallest absolute Gasteiger partial charge is 0.440 e. The molecule has 3 aromatic rings. The molecular formula is C26H33BN2O4. The Bertz CT molecular complexity index is 1220. The van der Waals surface area contributed by atoms with E-state index in [2.05, 4.69) is 24.1 Å². The molecule has 3 N–H and O–H groups in total. The molecule has 174 valence electrons. The van der Waals surface area contributed by atoms with E-state index in [9.17, 15) is 14.8 Å². The number of piperidine rings is 1. The van der Waals surface area contributed by atoms with E-state index < -0.39 is 7.12 Å². The van der Waals surface area contributed by atoms with Crippen molar-refractivity contribution in [1.29, 1.82) is 0 Å². The van der Waals surface area contributed by atoms with Crippen LogP contribution in [0.5, 0.6) is 0 Å². The molecule has 0 aliphatic carbocycles. The minimum Gasteiger partial charge on any atom is -0.440 e. The van der Waals surface area contributed by atoms with Crippen LogP contribution in [-0.4, -0.2) is 30.3 Å². The van der Waals surface area contributed by atoms with Gasteiger partial charge in [0.2, 0.25) is 5.88 Å². The number of nitrogens with zero attached hydrogens (tertiary/aromatic N) is 1. The molecule has 0 spiro atoms. The van der Waals surface area contributed by atoms with E-state index in [-0.39, 0.29) is 11.5 Å². The standard InChI is InChI=1S/C26H33BN2O4/c1-16-14-19(18(3)28-22-9-7-6-8-21(22)27(31)32)24-20(15-16)23(30)17(2)25(33-24)29-12-10-26(4,5)11-13-29/h6-9,14-15,18,28,31-32H,10-13H2,1-5H3/t18-/m0/s1. The van der Waals surface area contributed by atoms with Crippen LogP contribution < -0.4 is 21.1 Å². The summed E-state index contributed by atoms with van der Waals surface area (Å²) in [4.78, 5) is 15.6. The van der Waals surface area contributed by atoms with E-state index >= 15 is 0 Å². The highest BCUT2D eigenvalue weighted by Gasteiger charge is 2.29. The highest BCUT2D eigenvalue weighted by atomic mass is 16.4. The van der Waals surface area contributed by atoms with Crippen molar-refractivity contribution in [2.24, 2.45) is 5.41 Å².